The van der Waals surface area contributed by atoms with Gasteiger partial charge in [-0.15, -0.1) is 0 Å². The lowest BCUT2D eigenvalue weighted by atomic mass is 9.94. The lowest BCUT2D eigenvalue weighted by Gasteiger charge is -2.13. The van der Waals surface area contributed by atoms with Gasteiger partial charge in [-0.3, -0.25) is 0 Å². The monoisotopic (exact) mass is 307 g/mol. The molecule has 0 amide bonds. The minimum atomic E-state index is -0.376. The van der Waals surface area contributed by atoms with Crippen LogP contribution in [0, 0.1) is 17.7 Å². The highest BCUT2D eigenvalue weighted by atomic mass is 35.5. The van der Waals surface area contributed by atoms with Crippen LogP contribution >= 0.6 is 11.6 Å². The van der Waals surface area contributed by atoms with Crippen LogP contribution in [-0.2, 0) is 0 Å². The van der Waals surface area contributed by atoms with E-state index in [-0.39, 0.29) is 11.9 Å². The second-order valence-electron chi connectivity index (χ2n) is 5.82. The molecule has 6 heteroatoms. The zero-order valence-corrected chi connectivity index (χ0v) is 12.1. The molecule has 1 saturated heterocycles. The van der Waals surface area contributed by atoms with Gasteiger partial charge in [0.15, 0.2) is 0 Å². The molecule has 110 valence electrons. The molecule has 1 aliphatic heterocycles. The molecule has 0 bridgehead atoms. The number of nitrogens with one attached hydrogen (secondary N) is 1. The van der Waals surface area contributed by atoms with E-state index in [1.54, 1.807) is 6.07 Å². The first-order valence-corrected chi connectivity index (χ1v) is 7.62. The number of fused-ring (bicyclic) bond motifs is 1. The van der Waals surface area contributed by atoms with Crippen LogP contribution in [0.4, 0.5) is 4.39 Å². The molecular formula is C15H15ClFN3O. The predicted molar refractivity (Wildman–Crippen MR) is 76.3 cm³/mol. The maximum atomic E-state index is 13.1. The van der Waals surface area contributed by atoms with E-state index >= 15 is 0 Å². The van der Waals surface area contributed by atoms with Crippen molar-refractivity contribution >= 4 is 11.6 Å². The van der Waals surface area contributed by atoms with Gasteiger partial charge in [0.25, 0.3) is 0 Å². The van der Waals surface area contributed by atoms with Crippen LogP contribution in [0.2, 0.25) is 5.02 Å². The molecule has 4 nitrogen and oxygen atoms in total. The number of rotatable bonds is 2. The molecule has 1 aromatic carbocycles. The summed E-state index contributed by atoms with van der Waals surface area (Å²) >= 11 is 6.04. The molecule has 3 atom stereocenters. The standard InChI is InChI=1S/C15H15ClFN3O/c16-12-6-9(17)4-5-11(12)14-19-15(21-20-14)13-10-3-1-2-8(10)7-18-13/h4-6,8,10,13,18H,1-3,7H2. The fraction of sp³-hybridized carbons (Fsp3) is 0.467. The van der Waals surface area contributed by atoms with Crippen LogP contribution < -0.4 is 5.32 Å². The Morgan fingerprint density at radius 2 is 2.24 bits per heavy atom. The fourth-order valence-electron chi connectivity index (χ4n) is 3.60. The van der Waals surface area contributed by atoms with Gasteiger partial charge in [-0.05, 0) is 49.4 Å². The first-order valence-electron chi connectivity index (χ1n) is 7.25. The molecule has 2 aromatic rings. The first-order chi connectivity index (χ1) is 10.2. The molecular weight excluding hydrogens is 293 g/mol. The van der Waals surface area contributed by atoms with Gasteiger partial charge in [0.1, 0.15) is 5.82 Å². The van der Waals surface area contributed by atoms with E-state index in [1.807, 2.05) is 0 Å². The van der Waals surface area contributed by atoms with E-state index in [4.69, 9.17) is 16.1 Å². The van der Waals surface area contributed by atoms with Crippen LogP contribution in [0.3, 0.4) is 0 Å². The third kappa shape index (κ3) is 2.24. The van der Waals surface area contributed by atoms with Crippen molar-refractivity contribution in [2.45, 2.75) is 25.3 Å². The molecule has 2 heterocycles. The van der Waals surface area contributed by atoms with E-state index in [0.717, 1.165) is 12.5 Å². The van der Waals surface area contributed by atoms with Crippen molar-refractivity contribution < 1.29 is 8.91 Å². The third-order valence-electron chi connectivity index (χ3n) is 4.63. The maximum Gasteiger partial charge on any atom is 0.244 e. The second kappa shape index (κ2) is 5.07. The Hall–Kier alpha value is -1.46. The van der Waals surface area contributed by atoms with Crippen LogP contribution in [0.15, 0.2) is 22.7 Å². The van der Waals surface area contributed by atoms with E-state index < -0.39 is 0 Å². The Bertz CT molecular complexity index is 675. The molecule has 1 saturated carbocycles. The average Bonchev–Trinajstić information content (AvgIpc) is 3.13. The highest BCUT2D eigenvalue weighted by molar-refractivity contribution is 6.33. The molecule has 2 aliphatic rings. The molecule has 4 rings (SSSR count). The van der Waals surface area contributed by atoms with Gasteiger partial charge in [-0.2, -0.15) is 4.98 Å². The summed E-state index contributed by atoms with van der Waals surface area (Å²) in [5.41, 5.74) is 0.592. The van der Waals surface area contributed by atoms with Crippen LogP contribution in [0.1, 0.15) is 31.2 Å². The SMILES string of the molecule is Fc1ccc(-c2noc(C3NCC4CCCC43)n2)c(Cl)c1. The van der Waals surface area contributed by atoms with Crippen molar-refractivity contribution in [3.05, 3.63) is 34.9 Å². The van der Waals surface area contributed by atoms with Crippen molar-refractivity contribution in [2.75, 3.05) is 6.54 Å². The number of benzene rings is 1. The molecule has 1 N–H and O–H groups in total. The van der Waals surface area contributed by atoms with Crippen LogP contribution in [-0.4, -0.2) is 16.7 Å². The maximum absolute atomic E-state index is 13.1. The Kier molecular flexibility index (Phi) is 3.19. The Balaban J connectivity index is 1.64. The third-order valence-corrected chi connectivity index (χ3v) is 4.94. The predicted octanol–water partition coefficient (Wildman–Crippen LogP) is 3.59. The summed E-state index contributed by atoms with van der Waals surface area (Å²) < 4.78 is 18.5. The number of aromatic nitrogens is 2. The molecule has 0 radical (unpaired) electrons. The van der Waals surface area contributed by atoms with Gasteiger partial charge in [-0.1, -0.05) is 23.2 Å². The van der Waals surface area contributed by atoms with E-state index in [1.165, 1.54) is 31.4 Å². The minimum Gasteiger partial charge on any atom is -0.337 e. The molecule has 1 aliphatic carbocycles. The zero-order chi connectivity index (χ0) is 14.4. The van der Waals surface area contributed by atoms with Gasteiger partial charge >= 0.3 is 0 Å². The summed E-state index contributed by atoms with van der Waals surface area (Å²) in [5, 5.41) is 7.77. The Morgan fingerprint density at radius 3 is 3.10 bits per heavy atom. The molecule has 1 aromatic heterocycles. The zero-order valence-electron chi connectivity index (χ0n) is 11.4. The van der Waals surface area contributed by atoms with Crippen molar-refractivity contribution in [2.24, 2.45) is 11.8 Å². The van der Waals surface area contributed by atoms with Crippen LogP contribution in [0.25, 0.3) is 11.4 Å². The van der Waals surface area contributed by atoms with E-state index in [2.05, 4.69) is 15.5 Å². The highest BCUT2D eigenvalue weighted by Crippen LogP contribution is 2.44. The summed E-state index contributed by atoms with van der Waals surface area (Å²) in [5.74, 6) is 1.96. The quantitative estimate of drug-likeness (QED) is 0.921. The summed E-state index contributed by atoms with van der Waals surface area (Å²) in [6.45, 7) is 1.02. The highest BCUT2D eigenvalue weighted by Gasteiger charge is 2.42. The topological polar surface area (TPSA) is 51.0 Å². The second-order valence-corrected chi connectivity index (χ2v) is 6.23. The number of halogens is 2. The number of hydrogen-bond acceptors (Lipinski definition) is 4. The smallest absolute Gasteiger partial charge is 0.244 e. The largest absolute Gasteiger partial charge is 0.337 e. The summed E-state index contributed by atoms with van der Waals surface area (Å²) in [4.78, 5) is 4.47. The summed E-state index contributed by atoms with van der Waals surface area (Å²) in [6, 6.07) is 4.32. The number of hydrogen-bond donors (Lipinski definition) is 1. The lowest BCUT2D eigenvalue weighted by Crippen LogP contribution is -2.18. The first kappa shape index (κ1) is 13.2. The van der Waals surface area contributed by atoms with Gasteiger partial charge in [0.2, 0.25) is 11.7 Å². The van der Waals surface area contributed by atoms with Gasteiger partial charge in [-0.25, -0.2) is 4.39 Å². The summed E-state index contributed by atoms with van der Waals surface area (Å²) in [7, 11) is 0. The van der Waals surface area contributed by atoms with E-state index in [9.17, 15) is 4.39 Å². The van der Waals surface area contributed by atoms with Crippen molar-refractivity contribution in [3.63, 3.8) is 0 Å². The Labute approximate surface area is 126 Å². The van der Waals surface area contributed by atoms with Gasteiger partial charge < -0.3 is 9.84 Å². The normalized spacial score (nSPS) is 28.0. The molecule has 0 spiro atoms. The van der Waals surface area contributed by atoms with Crippen molar-refractivity contribution in [1.82, 2.24) is 15.5 Å². The average molecular weight is 308 g/mol. The van der Waals surface area contributed by atoms with E-state index in [0.29, 0.717) is 28.2 Å². The van der Waals surface area contributed by atoms with Gasteiger partial charge in [0, 0.05) is 5.56 Å². The lowest BCUT2D eigenvalue weighted by molar-refractivity contribution is 0.302. The minimum absolute atomic E-state index is 0.137. The van der Waals surface area contributed by atoms with Crippen molar-refractivity contribution in [1.29, 1.82) is 0 Å². The van der Waals surface area contributed by atoms with Crippen LogP contribution in [0.5, 0.6) is 0 Å². The molecule has 3 unspecified atom stereocenters. The van der Waals surface area contributed by atoms with Crippen molar-refractivity contribution in [3.8, 4) is 11.4 Å². The fourth-order valence-corrected chi connectivity index (χ4v) is 3.85. The number of nitrogens with zero attached hydrogens (tertiary/aromatic N) is 2. The molecule has 2 fully saturated rings. The summed E-state index contributed by atoms with van der Waals surface area (Å²) in [6.07, 6.45) is 3.76. The van der Waals surface area contributed by atoms with Gasteiger partial charge in [0.05, 0.1) is 11.1 Å². The molecule has 21 heavy (non-hydrogen) atoms. The Morgan fingerprint density at radius 1 is 1.33 bits per heavy atom.